The maximum Gasteiger partial charge on any atom is 0.431 e. The monoisotopic (exact) mass is 666 g/mol. The summed E-state index contributed by atoms with van der Waals surface area (Å²) in [5, 5.41) is 2.91. The number of aromatic amines is 1. The standard InChI is InChI=1S/C37H45F3N4O4/c1-3-44(28-12-16-47-17-13-28)33-21-27(26-10-8-25(9-11-26)23-43-14-18-48-19-15-43)20-31(24(33)2)35(45)41-22-32-29-6-4-5-7-30(29)34(37(38,39)40)42-36(32)46/h8-11,20-21,28H,3-7,12-19,22-23H2,1-2H3,(H,41,45)(H,42,46). The zero-order valence-corrected chi connectivity index (χ0v) is 27.8. The number of rotatable bonds is 9. The Morgan fingerprint density at radius 1 is 0.979 bits per heavy atom. The summed E-state index contributed by atoms with van der Waals surface area (Å²) in [5.74, 6) is -0.369. The molecule has 3 heterocycles. The summed E-state index contributed by atoms with van der Waals surface area (Å²) >= 11 is 0. The SMILES string of the molecule is CCN(c1cc(-c2ccc(CN3CCOCC3)cc2)cc(C(=O)NCc2c3c(c(C(F)(F)F)[nH]c2=O)CCCC3)c1C)C1CCOCC1. The molecular formula is C37H45F3N4O4. The summed E-state index contributed by atoms with van der Waals surface area (Å²) in [5.41, 5.74) is 4.33. The van der Waals surface area contributed by atoms with Crippen molar-refractivity contribution >= 4 is 11.6 Å². The van der Waals surface area contributed by atoms with E-state index in [0.29, 0.717) is 43.6 Å². The number of fused-ring (bicyclic) bond motifs is 1. The molecular weight excluding hydrogens is 621 g/mol. The minimum atomic E-state index is -4.65. The van der Waals surface area contributed by atoms with Gasteiger partial charge in [-0.1, -0.05) is 24.3 Å². The third kappa shape index (κ3) is 7.48. The Morgan fingerprint density at radius 2 is 1.65 bits per heavy atom. The van der Waals surface area contributed by atoms with Gasteiger partial charge in [0.2, 0.25) is 0 Å². The van der Waals surface area contributed by atoms with Crippen LogP contribution in [0.3, 0.4) is 0 Å². The first-order valence-electron chi connectivity index (χ1n) is 17.1. The highest BCUT2D eigenvalue weighted by Gasteiger charge is 2.37. The van der Waals surface area contributed by atoms with Gasteiger partial charge in [0.05, 0.1) is 13.2 Å². The number of alkyl halides is 3. The van der Waals surface area contributed by atoms with Crippen LogP contribution < -0.4 is 15.8 Å². The molecule has 2 aliphatic heterocycles. The number of carbonyl (C=O) groups excluding carboxylic acids is 1. The lowest BCUT2D eigenvalue weighted by molar-refractivity contribution is -0.142. The molecule has 0 saturated carbocycles. The van der Waals surface area contributed by atoms with Crippen LogP contribution >= 0.6 is 0 Å². The molecule has 2 N–H and O–H groups in total. The quantitative estimate of drug-likeness (QED) is 0.291. The second-order valence-electron chi connectivity index (χ2n) is 13.0. The van der Waals surface area contributed by atoms with E-state index in [1.165, 1.54) is 5.56 Å². The molecule has 48 heavy (non-hydrogen) atoms. The summed E-state index contributed by atoms with van der Waals surface area (Å²) in [4.78, 5) is 33.8. The predicted molar refractivity (Wildman–Crippen MR) is 179 cm³/mol. The number of aromatic nitrogens is 1. The Kier molecular flexibility index (Phi) is 10.6. The van der Waals surface area contributed by atoms with Crippen LogP contribution in [0.1, 0.15) is 76.5 Å². The van der Waals surface area contributed by atoms with E-state index in [2.05, 4.69) is 57.4 Å². The molecule has 0 bridgehead atoms. The second-order valence-corrected chi connectivity index (χ2v) is 13.0. The zero-order chi connectivity index (χ0) is 33.8. The molecule has 1 aromatic heterocycles. The summed E-state index contributed by atoms with van der Waals surface area (Å²) < 4.78 is 52.5. The number of hydrogen-bond acceptors (Lipinski definition) is 6. The third-order valence-corrected chi connectivity index (χ3v) is 10.1. The van der Waals surface area contributed by atoms with Gasteiger partial charge >= 0.3 is 6.18 Å². The van der Waals surface area contributed by atoms with Gasteiger partial charge in [-0.3, -0.25) is 14.5 Å². The predicted octanol–water partition coefficient (Wildman–Crippen LogP) is 6.02. The number of nitrogens with one attached hydrogen (secondary N) is 2. The van der Waals surface area contributed by atoms with Crippen molar-refractivity contribution in [3.05, 3.63) is 85.8 Å². The number of anilines is 1. The van der Waals surface area contributed by atoms with E-state index in [0.717, 1.165) is 74.6 Å². The van der Waals surface area contributed by atoms with Gasteiger partial charge < -0.3 is 24.7 Å². The number of halogens is 3. The summed E-state index contributed by atoms with van der Waals surface area (Å²) in [6, 6.07) is 12.7. The zero-order valence-electron chi connectivity index (χ0n) is 27.8. The van der Waals surface area contributed by atoms with Crippen LogP contribution in [0.4, 0.5) is 18.9 Å². The molecule has 2 saturated heterocycles. The van der Waals surface area contributed by atoms with E-state index >= 15 is 0 Å². The van der Waals surface area contributed by atoms with E-state index in [9.17, 15) is 22.8 Å². The molecule has 0 radical (unpaired) electrons. The summed E-state index contributed by atoms with van der Waals surface area (Å²) in [6.45, 7) is 10.2. The molecule has 6 rings (SSSR count). The molecule has 0 atom stereocenters. The molecule has 11 heteroatoms. The highest BCUT2D eigenvalue weighted by atomic mass is 19.4. The number of carbonyl (C=O) groups is 1. The Balaban J connectivity index is 1.32. The number of H-pyrrole nitrogens is 1. The normalized spacial score (nSPS) is 17.6. The molecule has 258 valence electrons. The van der Waals surface area contributed by atoms with Gasteiger partial charge in [0.25, 0.3) is 11.5 Å². The molecule has 1 amide bonds. The lowest BCUT2D eigenvalue weighted by Crippen LogP contribution is -2.40. The minimum Gasteiger partial charge on any atom is -0.381 e. The molecule has 3 aliphatic rings. The molecule has 0 unspecified atom stereocenters. The number of pyridine rings is 1. The average molecular weight is 667 g/mol. The van der Waals surface area contributed by atoms with Gasteiger partial charge in [-0.15, -0.1) is 0 Å². The Bertz CT molecular complexity index is 1660. The fourth-order valence-corrected chi connectivity index (χ4v) is 7.45. The number of hydrogen-bond donors (Lipinski definition) is 2. The van der Waals surface area contributed by atoms with Gasteiger partial charge in [0, 0.05) is 68.8 Å². The van der Waals surface area contributed by atoms with Gasteiger partial charge in [0.15, 0.2) is 0 Å². The smallest absolute Gasteiger partial charge is 0.381 e. The van der Waals surface area contributed by atoms with Crippen LogP contribution in [0.25, 0.3) is 11.1 Å². The highest BCUT2D eigenvalue weighted by molar-refractivity contribution is 5.99. The van der Waals surface area contributed by atoms with E-state index in [-0.39, 0.29) is 36.0 Å². The Hall–Kier alpha value is -3.67. The number of amides is 1. The van der Waals surface area contributed by atoms with Crippen molar-refractivity contribution in [3.63, 3.8) is 0 Å². The molecule has 1 aliphatic carbocycles. The fraction of sp³-hybridized carbons (Fsp3) is 0.514. The first kappa shape index (κ1) is 34.2. The minimum absolute atomic E-state index is 0.144. The molecule has 2 aromatic carbocycles. The topological polar surface area (TPSA) is 86.9 Å². The first-order chi connectivity index (χ1) is 23.1. The van der Waals surface area contributed by atoms with Crippen LogP contribution in [0, 0.1) is 6.92 Å². The number of benzene rings is 2. The van der Waals surface area contributed by atoms with Crippen molar-refractivity contribution in [1.82, 2.24) is 15.2 Å². The molecule has 2 fully saturated rings. The van der Waals surface area contributed by atoms with E-state index in [4.69, 9.17) is 9.47 Å². The second kappa shape index (κ2) is 14.8. The maximum atomic E-state index is 14.0. The maximum absolute atomic E-state index is 14.0. The van der Waals surface area contributed by atoms with Crippen LogP contribution in [0.15, 0.2) is 41.2 Å². The van der Waals surface area contributed by atoms with Crippen molar-refractivity contribution in [1.29, 1.82) is 0 Å². The first-order valence-corrected chi connectivity index (χ1v) is 17.1. The van der Waals surface area contributed by atoms with E-state index in [1.807, 2.05) is 13.0 Å². The Morgan fingerprint density at radius 3 is 2.31 bits per heavy atom. The van der Waals surface area contributed by atoms with Crippen LogP contribution in [0.2, 0.25) is 0 Å². The third-order valence-electron chi connectivity index (χ3n) is 10.1. The average Bonchev–Trinajstić information content (AvgIpc) is 3.09. The largest absolute Gasteiger partial charge is 0.431 e. The van der Waals surface area contributed by atoms with E-state index in [1.54, 1.807) is 0 Å². The highest BCUT2D eigenvalue weighted by Crippen LogP contribution is 2.36. The van der Waals surface area contributed by atoms with Gasteiger partial charge in [-0.2, -0.15) is 13.2 Å². The van der Waals surface area contributed by atoms with Crippen molar-refractivity contribution in [2.75, 3.05) is 51.0 Å². The van der Waals surface area contributed by atoms with Crippen molar-refractivity contribution in [2.45, 2.75) is 77.7 Å². The molecule has 0 spiro atoms. The van der Waals surface area contributed by atoms with Gasteiger partial charge in [-0.25, -0.2) is 0 Å². The van der Waals surface area contributed by atoms with Gasteiger partial charge in [0.1, 0.15) is 5.69 Å². The van der Waals surface area contributed by atoms with Crippen molar-refractivity contribution < 1.29 is 27.4 Å². The van der Waals surface area contributed by atoms with Crippen molar-refractivity contribution in [3.8, 4) is 11.1 Å². The number of ether oxygens (including phenoxy) is 2. The van der Waals surface area contributed by atoms with Crippen LogP contribution in [-0.2, 0) is 41.6 Å². The Labute approximate surface area is 279 Å². The van der Waals surface area contributed by atoms with Crippen LogP contribution in [0.5, 0.6) is 0 Å². The lowest BCUT2D eigenvalue weighted by atomic mass is 9.87. The summed E-state index contributed by atoms with van der Waals surface area (Å²) in [6.07, 6.45) is -0.927. The lowest BCUT2D eigenvalue weighted by Gasteiger charge is -2.37. The van der Waals surface area contributed by atoms with Crippen molar-refractivity contribution in [2.24, 2.45) is 0 Å². The fourth-order valence-electron chi connectivity index (χ4n) is 7.45. The molecule has 3 aromatic rings. The molecule has 8 nitrogen and oxygen atoms in total. The number of nitrogens with zero attached hydrogens (tertiary/aromatic N) is 2. The van der Waals surface area contributed by atoms with E-state index < -0.39 is 17.4 Å². The van der Waals surface area contributed by atoms with Gasteiger partial charge in [-0.05, 0) is 97.9 Å². The number of morpholine rings is 1. The van der Waals surface area contributed by atoms with Crippen LogP contribution in [-0.4, -0.2) is 67.9 Å². The summed E-state index contributed by atoms with van der Waals surface area (Å²) in [7, 11) is 0.